The highest BCUT2D eigenvalue weighted by atomic mass is 19.4. The molecule has 4 aromatic rings. The fourth-order valence-corrected chi connectivity index (χ4v) is 3.93. The van der Waals surface area contributed by atoms with Crippen LogP contribution in [0.5, 0.6) is 0 Å². The molecule has 2 heterocycles. The van der Waals surface area contributed by atoms with E-state index < -0.39 is 58.5 Å². The van der Waals surface area contributed by atoms with E-state index in [0.29, 0.717) is 5.56 Å². The monoisotopic (exact) mass is 557 g/mol. The molecule has 3 N–H and O–H groups in total. The van der Waals surface area contributed by atoms with Crippen molar-refractivity contribution in [1.82, 2.24) is 25.9 Å². The number of halogens is 3. The fourth-order valence-electron chi connectivity index (χ4n) is 3.93. The Kier molecular flexibility index (Phi) is 7.78. The molecule has 40 heavy (non-hydrogen) atoms. The number of rotatable bonds is 7. The van der Waals surface area contributed by atoms with Crippen molar-refractivity contribution in [2.24, 2.45) is 5.41 Å². The second-order valence-electron chi connectivity index (χ2n) is 9.97. The van der Waals surface area contributed by atoms with Crippen molar-refractivity contribution in [1.29, 1.82) is 0 Å². The van der Waals surface area contributed by atoms with Crippen LogP contribution in [0.3, 0.4) is 0 Å². The summed E-state index contributed by atoms with van der Waals surface area (Å²) in [4.78, 5) is 28.9. The van der Waals surface area contributed by atoms with Crippen molar-refractivity contribution in [2.45, 2.75) is 39.1 Å². The number of likely N-dealkylation sites (N-methyl/N-ethyl adjacent to an activating group) is 1. The number of carbonyl (C=O) groups is 2. The number of hydrogen-bond acceptors (Lipinski definition) is 8. The summed E-state index contributed by atoms with van der Waals surface area (Å²) in [7, 11) is 1.44. The van der Waals surface area contributed by atoms with Crippen LogP contribution in [0, 0.1) is 5.41 Å². The average Bonchev–Trinajstić information content (AvgIpc) is 3.58. The molecule has 2 aromatic heterocycles. The van der Waals surface area contributed by atoms with Crippen molar-refractivity contribution >= 4 is 11.8 Å². The molecule has 0 unspecified atom stereocenters. The summed E-state index contributed by atoms with van der Waals surface area (Å²) in [5.41, 5.74) is -1.44. The molecule has 210 valence electrons. The molecule has 2 atom stereocenters. The van der Waals surface area contributed by atoms with Crippen molar-refractivity contribution in [3.05, 3.63) is 65.7 Å². The van der Waals surface area contributed by atoms with E-state index >= 15 is 0 Å². The van der Waals surface area contributed by atoms with E-state index in [9.17, 15) is 27.9 Å². The van der Waals surface area contributed by atoms with Crippen molar-refractivity contribution in [3.8, 4) is 34.3 Å². The van der Waals surface area contributed by atoms with E-state index in [1.807, 2.05) is 0 Å². The van der Waals surface area contributed by atoms with Gasteiger partial charge in [-0.25, -0.2) is 0 Å². The number of carbonyl (C=O) groups excluding carboxylic acids is 2. The first-order chi connectivity index (χ1) is 18.8. The lowest BCUT2D eigenvalue weighted by molar-refractivity contribution is -0.137. The number of alkyl halides is 3. The van der Waals surface area contributed by atoms with Gasteiger partial charge in [0, 0.05) is 18.2 Å². The van der Waals surface area contributed by atoms with Crippen LogP contribution < -0.4 is 10.6 Å². The number of aliphatic hydroxyl groups excluding tert-OH is 1. The van der Waals surface area contributed by atoms with Gasteiger partial charge in [0.1, 0.15) is 17.3 Å². The van der Waals surface area contributed by atoms with Crippen LogP contribution in [0.2, 0.25) is 0 Å². The van der Waals surface area contributed by atoms with E-state index in [2.05, 4.69) is 25.9 Å². The third kappa shape index (κ3) is 5.88. The van der Waals surface area contributed by atoms with Gasteiger partial charge in [-0.15, -0.1) is 0 Å². The van der Waals surface area contributed by atoms with Crippen molar-refractivity contribution < 1.29 is 36.9 Å². The number of nitrogens with one attached hydrogen (secondary N) is 2. The van der Waals surface area contributed by atoms with E-state index in [-0.39, 0.29) is 17.0 Å². The number of hydrogen-bond donors (Lipinski definition) is 3. The highest BCUT2D eigenvalue weighted by Gasteiger charge is 2.43. The Balaban J connectivity index is 1.56. The third-order valence-corrected chi connectivity index (χ3v) is 6.04. The van der Waals surface area contributed by atoms with Crippen LogP contribution >= 0.6 is 0 Å². The maximum Gasteiger partial charge on any atom is 0.422 e. The SMILES string of the molecule is CNC(=O)[C@@H](NC(=O)[C@@H](O)c1ccc(-c2noc(-c3onc(-c4ccccc4)c3C(F)(F)F)n2)cc1)C(C)(C)C. The summed E-state index contributed by atoms with van der Waals surface area (Å²) in [5, 5.41) is 22.9. The van der Waals surface area contributed by atoms with E-state index in [0.717, 1.165) is 0 Å². The molecule has 0 spiro atoms. The summed E-state index contributed by atoms with van der Waals surface area (Å²) in [6.45, 7) is 5.31. The van der Waals surface area contributed by atoms with Gasteiger partial charge in [-0.1, -0.05) is 85.7 Å². The van der Waals surface area contributed by atoms with Crippen LogP contribution in [0.25, 0.3) is 34.3 Å². The molecule has 0 saturated heterocycles. The zero-order valence-corrected chi connectivity index (χ0v) is 21.9. The summed E-state index contributed by atoms with van der Waals surface area (Å²) in [6, 6.07) is 12.6. The van der Waals surface area contributed by atoms with Gasteiger partial charge in [0.25, 0.3) is 11.8 Å². The summed E-state index contributed by atoms with van der Waals surface area (Å²) >= 11 is 0. The predicted molar refractivity (Wildman–Crippen MR) is 136 cm³/mol. The molecule has 0 saturated carbocycles. The van der Waals surface area contributed by atoms with E-state index in [1.54, 1.807) is 39.0 Å². The average molecular weight is 558 g/mol. The Hall–Kier alpha value is -4.52. The lowest BCUT2D eigenvalue weighted by Gasteiger charge is -2.30. The maximum atomic E-state index is 14.0. The van der Waals surface area contributed by atoms with E-state index in [1.165, 1.54) is 43.4 Å². The number of aromatic nitrogens is 3. The first kappa shape index (κ1) is 28.5. The third-order valence-electron chi connectivity index (χ3n) is 6.04. The predicted octanol–water partition coefficient (Wildman–Crippen LogP) is 4.39. The molecular formula is C27H26F3N5O5. The number of amides is 2. The number of aliphatic hydroxyl groups is 1. The lowest BCUT2D eigenvalue weighted by atomic mass is 9.86. The van der Waals surface area contributed by atoms with Gasteiger partial charge in [0.2, 0.25) is 17.5 Å². The second-order valence-corrected chi connectivity index (χ2v) is 9.97. The maximum absolute atomic E-state index is 14.0. The lowest BCUT2D eigenvalue weighted by Crippen LogP contribution is -2.53. The molecule has 4 rings (SSSR count). The minimum Gasteiger partial charge on any atom is -0.378 e. The summed E-state index contributed by atoms with van der Waals surface area (Å²) < 4.78 is 52.0. The van der Waals surface area contributed by atoms with Gasteiger partial charge in [0.15, 0.2) is 6.10 Å². The fraction of sp³-hybridized carbons (Fsp3) is 0.296. The molecule has 0 aliphatic rings. The molecule has 13 heteroatoms. The minimum absolute atomic E-state index is 0.0568. The normalized spacial score (nSPS) is 13.5. The molecule has 2 amide bonds. The van der Waals surface area contributed by atoms with Gasteiger partial charge in [-0.2, -0.15) is 18.2 Å². The van der Waals surface area contributed by atoms with E-state index in [4.69, 9.17) is 9.05 Å². The van der Waals surface area contributed by atoms with Gasteiger partial charge in [-0.3, -0.25) is 9.59 Å². The molecule has 0 bridgehead atoms. The Morgan fingerprint density at radius 2 is 1.55 bits per heavy atom. The topological polar surface area (TPSA) is 143 Å². The molecule has 2 aromatic carbocycles. The largest absolute Gasteiger partial charge is 0.422 e. The smallest absolute Gasteiger partial charge is 0.378 e. The molecule has 0 fully saturated rings. The van der Waals surface area contributed by atoms with Crippen LogP contribution in [-0.2, 0) is 15.8 Å². The van der Waals surface area contributed by atoms with Crippen molar-refractivity contribution in [2.75, 3.05) is 7.05 Å². The molecule has 0 radical (unpaired) electrons. The molecule has 0 aliphatic carbocycles. The standard InChI is InChI=1S/C27H26F3N5O5/c1-26(2,3)21(24(38)31-4)32-23(37)19(36)15-10-12-16(13-11-15)22-33-25(40-35-22)20-17(27(28,29)30)18(34-39-20)14-8-6-5-7-9-14/h5-13,19,21,36H,1-4H3,(H,31,38)(H,32,37)/t19-,21+/m0/s1. The Morgan fingerprint density at radius 3 is 2.12 bits per heavy atom. The van der Waals surface area contributed by atoms with Gasteiger partial charge < -0.3 is 24.8 Å². The van der Waals surface area contributed by atoms with Crippen molar-refractivity contribution in [3.63, 3.8) is 0 Å². The number of benzene rings is 2. The molecule has 10 nitrogen and oxygen atoms in total. The van der Waals surface area contributed by atoms with Crippen LogP contribution in [0.4, 0.5) is 13.2 Å². The highest BCUT2D eigenvalue weighted by Crippen LogP contribution is 2.43. The number of nitrogens with zero attached hydrogens (tertiary/aromatic N) is 3. The van der Waals surface area contributed by atoms with Crippen LogP contribution in [0.1, 0.15) is 38.0 Å². The molecular weight excluding hydrogens is 531 g/mol. The van der Waals surface area contributed by atoms with Gasteiger partial charge >= 0.3 is 6.18 Å². The summed E-state index contributed by atoms with van der Waals surface area (Å²) in [5.74, 6) is -2.50. The zero-order valence-electron chi connectivity index (χ0n) is 21.9. The zero-order chi connectivity index (χ0) is 29.2. The van der Waals surface area contributed by atoms with Crippen LogP contribution in [-0.4, -0.2) is 45.3 Å². The summed E-state index contributed by atoms with van der Waals surface area (Å²) in [6.07, 6.45) is -6.42. The first-order valence-electron chi connectivity index (χ1n) is 12.1. The van der Waals surface area contributed by atoms with Crippen LogP contribution in [0.15, 0.2) is 63.6 Å². The Labute approximate surface area is 226 Å². The molecule has 0 aliphatic heterocycles. The Morgan fingerprint density at radius 1 is 0.900 bits per heavy atom. The van der Waals surface area contributed by atoms with Gasteiger partial charge in [-0.05, 0) is 11.0 Å². The minimum atomic E-state index is -4.82. The Bertz CT molecular complexity index is 1490. The van der Waals surface area contributed by atoms with Gasteiger partial charge in [0.05, 0.1) is 0 Å². The quantitative estimate of drug-likeness (QED) is 0.304. The second kappa shape index (κ2) is 10.9. The first-order valence-corrected chi connectivity index (χ1v) is 12.1. The highest BCUT2D eigenvalue weighted by molar-refractivity contribution is 5.90.